The molecular formula is C15H33NO2. The minimum Gasteiger partial charge on any atom is -0.351 e. The maximum absolute atomic E-state index is 5.71. The van der Waals surface area contributed by atoms with Gasteiger partial charge in [0.2, 0.25) is 0 Å². The standard InChI is InChI=1S/C15H33NO2/c1-6-12-16-14(11-9-10-13(4)5)15(17-7-2)18-8-3/h13-16H,6-12H2,1-5H3. The van der Waals surface area contributed by atoms with E-state index in [1.165, 1.54) is 12.8 Å². The second-order valence-electron chi connectivity index (χ2n) is 5.16. The highest BCUT2D eigenvalue weighted by Gasteiger charge is 2.21. The molecule has 0 heterocycles. The molecule has 0 aliphatic carbocycles. The topological polar surface area (TPSA) is 30.5 Å². The fourth-order valence-corrected chi connectivity index (χ4v) is 2.02. The van der Waals surface area contributed by atoms with Gasteiger partial charge in [-0.2, -0.15) is 0 Å². The molecule has 0 spiro atoms. The van der Waals surface area contributed by atoms with Crippen molar-refractivity contribution in [3.63, 3.8) is 0 Å². The molecule has 0 aromatic rings. The lowest BCUT2D eigenvalue weighted by atomic mass is 10.0. The summed E-state index contributed by atoms with van der Waals surface area (Å²) in [6, 6.07) is 0.323. The van der Waals surface area contributed by atoms with Crippen molar-refractivity contribution >= 4 is 0 Å². The van der Waals surface area contributed by atoms with Crippen LogP contribution in [0.3, 0.4) is 0 Å². The van der Waals surface area contributed by atoms with Crippen LogP contribution in [0.15, 0.2) is 0 Å². The van der Waals surface area contributed by atoms with Gasteiger partial charge in [-0.3, -0.25) is 0 Å². The average molecular weight is 259 g/mol. The SMILES string of the molecule is CCCNC(CCCC(C)C)C(OCC)OCC. The van der Waals surface area contributed by atoms with Crippen LogP contribution < -0.4 is 5.32 Å². The van der Waals surface area contributed by atoms with E-state index in [1.807, 2.05) is 13.8 Å². The van der Waals surface area contributed by atoms with Crippen LogP contribution in [-0.2, 0) is 9.47 Å². The summed E-state index contributed by atoms with van der Waals surface area (Å²) in [5, 5.41) is 3.56. The third-order valence-electron chi connectivity index (χ3n) is 2.94. The van der Waals surface area contributed by atoms with E-state index in [0.717, 1.165) is 25.3 Å². The predicted molar refractivity (Wildman–Crippen MR) is 77.8 cm³/mol. The van der Waals surface area contributed by atoms with Crippen LogP contribution in [0.1, 0.15) is 60.3 Å². The second kappa shape index (κ2) is 11.9. The molecule has 0 aromatic carbocycles. The second-order valence-corrected chi connectivity index (χ2v) is 5.16. The van der Waals surface area contributed by atoms with Gasteiger partial charge in [0.05, 0.1) is 6.04 Å². The maximum atomic E-state index is 5.71. The summed E-state index contributed by atoms with van der Waals surface area (Å²) in [6.45, 7) is 13.2. The van der Waals surface area contributed by atoms with Crippen molar-refractivity contribution in [2.24, 2.45) is 5.92 Å². The zero-order valence-electron chi connectivity index (χ0n) is 13.0. The Kier molecular flexibility index (Phi) is 11.9. The van der Waals surface area contributed by atoms with Crippen molar-refractivity contribution in [2.75, 3.05) is 19.8 Å². The fraction of sp³-hybridized carbons (Fsp3) is 1.00. The molecule has 0 saturated carbocycles. The number of hydrogen-bond acceptors (Lipinski definition) is 3. The van der Waals surface area contributed by atoms with E-state index in [0.29, 0.717) is 19.3 Å². The van der Waals surface area contributed by atoms with Gasteiger partial charge in [0.1, 0.15) is 0 Å². The van der Waals surface area contributed by atoms with Crippen molar-refractivity contribution < 1.29 is 9.47 Å². The molecule has 3 nitrogen and oxygen atoms in total. The lowest BCUT2D eigenvalue weighted by Gasteiger charge is -2.28. The predicted octanol–water partition coefficient (Wildman–Crippen LogP) is 3.58. The summed E-state index contributed by atoms with van der Waals surface area (Å²) in [4.78, 5) is 0. The molecule has 1 N–H and O–H groups in total. The van der Waals surface area contributed by atoms with E-state index in [9.17, 15) is 0 Å². The molecule has 1 atom stereocenters. The summed E-state index contributed by atoms with van der Waals surface area (Å²) in [5.74, 6) is 0.773. The molecule has 0 aliphatic rings. The minimum atomic E-state index is -0.0984. The van der Waals surface area contributed by atoms with Gasteiger partial charge in [-0.25, -0.2) is 0 Å². The summed E-state index contributed by atoms with van der Waals surface area (Å²) in [6.07, 6.45) is 4.68. The smallest absolute Gasteiger partial charge is 0.172 e. The van der Waals surface area contributed by atoms with Gasteiger partial charge in [-0.1, -0.05) is 33.6 Å². The number of nitrogens with one attached hydrogen (secondary N) is 1. The Morgan fingerprint density at radius 3 is 2.00 bits per heavy atom. The Bertz CT molecular complexity index is 168. The van der Waals surface area contributed by atoms with E-state index in [2.05, 4.69) is 26.1 Å². The average Bonchev–Trinajstić information content (AvgIpc) is 2.33. The number of hydrogen-bond donors (Lipinski definition) is 1. The van der Waals surface area contributed by atoms with E-state index in [1.54, 1.807) is 0 Å². The van der Waals surface area contributed by atoms with Crippen LogP contribution in [0.4, 0.5) is 0 Å². The minimum absolute atomic E-state index is 0.0984. The zero-order valence-corrected chi connectivity index (χ0v) is 13.0. The molecule has 0 fully saturated rings. The van der Waals surface area contributed by atoms with Gasteiger partial charge in [-0.05, 0) is 39.2 Å². The van der Waals surface area contributed by atoms with Gasteiger partial charge in [0.15, 0.2) is 6.29 Å². The molecular weight excluding hydrogens is 226 g/mol. The highest BCUT2D eigenvalue weighted by Crippen LogP contribution is 2.13. The largest absolute Gasteiger partial charge is 0.351 e. The van der Waals surface area contributed by atoms with Crippen molar-refractivity contribution in [2.45, 2.75) is 72.6 Å². The summed E-state index contributed by atoms with van der Waals surface area (Å²) < 4.78 is 11.4. The number of ether oxygens (including phenoxy) is 2. The molecule has 0 radical (unpaired) electrons. The Hall–Kier alpha value is -0.120. The Labute approximate surface area is 114 Å². The van der Waals surface area contributed by atoms with Crippen LogP contribution in [0.5, 0.6) is 0 Å². The molecule has 0 bridgehead atoms. The lowest BCUT2D eigenvalue weighted by Crippen LogP contribution is -2.43. The zero-order chi connectivity index (χ0) is 13.8. The first-order chi connectivity index (χ1) is 8.65. The van der Waals surface area contributed by atoms with E-state index < -0.39 is 0 Å². The molecule has 0 rings (SSSR count). The molecule has 110 valence electrons. The lowest BCUT2D eigenvalue weighted by molar-refractivity contribution is -0.155. The Balaban J connectivity index is 4.21. The summed E-state index contributed by atoms with van der Waals surface area (Å²) in [7, 11) is 0. The van der Waals surface area contributed by atoms with Crippen molar-refractivity contribution in [3.8, 4) is 0 Å². The van der Waals surface area contributed by atoms with Crippen molar-refractivity contribution in [3.05, 3.63) is 0 Å². The van der Waals surface area contributed by atoms with Gasteiger partial charge in [0, 0.05) is 13.2 Å². The fourth-order valence-electron chi connectivity index (χ4n) is 2.02. The van der Waals surface area contributed by atoms with Gasteiger partial charge in [-0.15, -0.1) is 0 Å². The van der Waals surface area contributed by atoms with Crippen molar-refractivity contribution in [1.82, 2.24) is 5.32 Å². The first-order valence-electron chi connectivity index (χ1n) is 7.62. The highest BCUT2D eigenvalue weighted by molar-refractivity contribution is 4.71. The number of rotatable bonds is 12. The summed E-state index contributed by atoms with van der Waals surface area (Å²) >= 11 is 0. The first-order valence-corrected chi connectivity index (χ1v) is 7.62. The van der Waals surface area contributed by atoms with Gasteiger partial charge in [0.25, 0.3) is 0 Å². The van der Waals surface area contributed by atoms with E-state index in [-0.39, 0.29) is 6.29 Å². The molecule has 0 aliphatic heterocycles. The molecule has 3 heteroatoms. The van der Waals surface area contributed by atoms with Gasteiger partial charge < -0.3 is 14.8 Å². The third-order valence-corrected chi connectivity index (χ3v) is 2.94. The van der Waals surface area contributed by atoms with Crippen LogP contribution >= 0.6 is 0 Å². The first kappa shape index (κ1) is 17.9. The van der Waals surface area contributed by atoms with Crippen LogP contribution in [0.2, 0.25) is 0 Å². The summed E-state index contributed by atoms with van der Waals surface area (Å²) in [5.41, 5.74) is 0. The van der Waals surface area contributed by atoms with Crippen LogP contribution in [0.25, 0.3) is 0 Å². The monoisotopic (exact) mass is 259 g/mol. The van der Waals surface area contributed by atoms with Crippen LogP contribution in [0, 0.1) is 5.92 Å². The molecule has 0 saturated heterocycles. The van der Waals surface area contributed by atoms with E-state index in [4.69, 9.17) is 9.47 Å². The molecule has 0 amide bonds. The Morgan fingerprint density at radius 2 is 1.56 bits per heavy atom. The maximum Gasteiger partial charge on any atom is 0.172 e. The van der Waals surface area contributed by atoms with Gasteiger partial charge >= 0.3 is 0 Å². The highest BCUT2D eigenvalue weighted by atomic mass is 16.7. The normalized spacial score (nSPS) is 13.5. The third kappa shape index (κ3) is 8.90. The molecule has 18 heavy (non-hydrogen) atoms. The molecule has 0 aromatic heterocycles. The van der Waals surface area contributed by atoms with Crippen molar-refractivity contribution in [1.29, 1.82) is 0 Å². The van der Waals surface area contributed by atoms with Crippen LogP contribution in [-0.4, -0.2) is 32.1 Å². The Morgan fingerprint density at radius 1 is 0.944 bits per heavy atom. The van der Waals surface area contributed by atoms with E-state index >= 15 is 0 Å². The quantitative estimate of drug-likeness (QED) is 0.543. The molecule has 1 unspecified atom stereocenters.